The molecule has 0 saturated carbocycles. The highest BCUT2D eigenvalue weighted by Crippen LogP contribution is 2.49. The van der Waals surface area contributed by atoms with Crippen LogP contribution in [0.3, 0.4) is 0 Å². The zero-order valence-corrected chi connectivity index (χ0v) is 52.9. The normalized spacial score (nSPS) is 17.2. The first-order valence-corrected chi connectivity index (χ1v) is 34.9. The standard InChI is InChI=1S/C62H69N7O17S4/c1-61(2)47-35-45(89(80,81)82)24-26-50(47)68(30-5-7-32-87(74,75)76)52(61)28-20-40-10-9-11-41(21-29-53-62(3,4)48-36-46(90(83,84)85)25-27-51(48)69(53)31-6-8-33-88(77,78)79)55(40)86-44-22-15-39(16-23-44)34-49(59(72)73)65-57(70)42-17-12-38(13-18-42)14-19-43-37-64-56-54(43)58(71)67-60(63)66-56/h12-13,15-18,20-29,35-37,49H,5-11,14,19,30-34H2,1-4H3,(H9-,63,64,65,66,67,70,71,72,73,74,75,76,77,78,79,80,81,82,83,84,85)/p+1. The van der Waals surface area contributed by atoms with Gasteiger partial charge in [0.15, 0.2) is 5.71 Å². The van der Waals surface area contributed by atoms with Gasteiger partial charge in [-0.2, -0.15) is 43.2 Å². The molecule has 24 nitrogen and oxygen atoms in total. The molecule has 9 rings (SSSR count). The third-order valence-corrected chi connectivity index (χ3v) is 19.8. The average Bonchev–Trinajstić information content (AvgIpc) is 1.61. The number of aromatic nitrogens is 3. The Morgan fingerprint density at radius 2 is 1.40 bits per heavy atom. The maximum absolute atomic E-state index is 13.5. The predicted molar refractivity (Wildman–Crippen MR) is 338 cm³/mol. The molecule has 28 heteroatoms. The van der Waals surface area contributed by atoms with E-state index in [0.29, 0.717) is 118 Å². The van der Waals surface area contributed by atoms with Crippen molar-refractivity contribution in [1.29, 1.82) is 0 Å². The number of nitrogens with zero attached hydrogens (tertiary/aromatic N) is 3. The Balaban J connectivity index is 1.03. The first-order chi connectivity index (χ1) is 42.2. The van der Waals surface area contributed by atoms with Crippen LogP contribution in [0, 0.1) is 0 Å². The van der Waals surface area contributed by atoms with Gasteiger partial charge in [-0.25, -0.2) is 4.79 Å². The van der Waals surface area contributed by atoms with Crippen molar-refractivity contribution in [1.82, 2.24) is 20.3 Å². The van der Waals surface area contributed by atoms with E-state index in [9.17, 15) is 71.4 Å². The lowest BCUT2D eigenvalue weighted by atomic mass is 9.81. The van der Waals surface area contributed by atoms with Crippen LogP contribution in [-0.4, -0.2) is 125 Å². The number of H-pyrrole nitrogens is 2. The molecular formula is C62H70N7O17S4+. The van der Waals surface area contributed by atoms with Crippen molar-refractivity contribution in [2.45, 2.75) is 119 Å². The number of amides is 1. The third-order valence-electron chi connectivity index (χ3n) is 16.5. The zero-order chi connectivity index (χ0) is 65.3. The second-order valence-corrected chi connectivity index (χ2v) is 29.5. The lowest BCUT2D eigenvalue weighted by Gasteiger charge is -2.27. The van der Waals surface area contributed by atoms with Crippen LogP contribution in [0.1, 0.15) is 111 Å². The number of benzene rings is 4. The van der Waals surface area contributed by atoms with Gasteiger partial charge in [0, 0.05) is 65.7 Å². The average molecular weight is 1310 g/mol. The molecule has 4 heterocycles. The first kappa shape index (κ1) is 66.3. The number of nitrogens with one attached hydrogen (secondary N) is 3. The maximum Gasteiger partial charge on any atom is 0.326 e. The molecular weight excluding hydrogens is 1240 g/mol. The summed E-state index contributed by atoms with van der Waals surface area (Å²) in [5, 5.41) is 13.4. The van der Waals surface area contributed by atoms with E-state index in [1.807, 2.05) is 61.5 Å². The number of carboxylic acids is 1. The number of ether oxygens (including phenoxy) is 1. The molecule has 0 spiro atoms. The highest BCUT2D eigenvalue weighted by atomic mass is 32.2. The van der Waals surface area contributed by atoms with Crippen molar-refractivity contribution in [3.05, 3.63) is 182 Å². The summed E-state index contributed by atoms with van der Waals surface area (Å²) in [4.78, 5) is 49.7. The number of aryl methyl sites for hydroxylation is 2. The number of hydrogen-bond donors (Lipinski definition) is 9. The number of carbonyl (C=O) groups is 2. The Bertz CT molecular complexity index is 4530. The summed E-state index contributed by atoms with van der Waals surface area (Å²) >= 11 is 0. The van der Waals surface area contributed by atoms with E-state index in [1.54, 1.807) is 66.9 Å². The highest BCUT2D eigenvalue weighted by Gasteiger charge is 2.45. The SMILES string of the molecule is CC1(C)C(/C=C/C2=C(Oc3ccc(CC(NC(=O)c4ccc(CCc5c[nH]c6nc(N)[nH]c(=O)c56)cc4)C(=O)O)cc3)C(=C/C=C3/N(CCCCS(=O)(=O)O)c4ccc(S(=O)(=O)O)cc4C3(C)C)/CCC2)=[N+](CCCCS(=O)(=O)O)c2ccc(S(=O)(=O)O)cc21. The number of aromatic amines is 2. The molecule has 0 saturated heterocycles. The molecule has 478 valence electrons. The molecule has 1 atom stereocenters. The van der Waals surface area contributed by atoms with Gasteiger partial charge in [-0.3, -0.25) is 32.8 Å². The van der Waals surface area contributed by atoms with E-state index < -0.39 is 80.7 Å². The van der Waals surface area contributed by atoms with Crippen LogP contribution in [0.5, 0.6) is 5.75 Å². The number of hydrogen-bond acceptors (Lipinski definition) is 15. The number of nitrogen functional groups attached to an aromatic ring is 1. The molecule has 1 amide bonds. The second kappa shape index (κ2) is 26.0. The van der Waals surface area contributed by atoms with Crippen molar-refractivity contribution in [3.63, 3.8) is 0 Å². The van der Waals surface area contributed by atoms with Gasteiger partial charge in [0.2, 0.25) is 11.6 Å². The van der Waals surface area contributed by atoms with E-state index >= 15 is 0 Å². The Labute approximate surface area is 521 Å². The van der Waals surface area contributed by atoms with Crippen molar-refractivity contribution in [2.24, 2.45) is 0 Å². The molecule has 2 aromatic heterocycles. The van der Waals surface area contributed by atoms with Crippen LogP contribution in [0.2, 0.25) is 0 Å². The van der Waals surface area contributed by atoms with Gasteiger partial charge in [-0.15, -0.1) is 0 Å². The first-order valence-electron chi connectivity index (χ1n) is 28.8. The predicted octanol–water partition coefficient (Wildman–Crippen LogP) is 7.93. The van der Waals surface area contributed by atoms with Crippen LogP contribution < -0.4 is 26.2 Å². The van der Waals surface area contributed by atoms with Crippen LogP contribution in [0.25, 0.3) is 11.0 Å². The summed E-state index contributed by atoms with van der Waals surface area (Å²) < 4.78 is 144. The Morgan fingerprint density at radius 3 is 2.04 bits per heavy atom. The van der Waals surface area contributed by atoms with Crippen LogP contribution in [0.15, 0.2) is 153 Å². The number of rotatable bonds is 25. The van der Waals surface area contributed by atoms with Crippen molar-refractivity contribution < 1.29 is 75.9 Å². The van der Waals surface area contributed by atoms with Gasteiger partial charge in [-0.1, -0.05) is 44.2 Å². The second-order valence-electron chi connectivity index (χ2n) is 23.5. The molecule has 0 radical (unpaired) electrons. The lowest BCUT2D eigenvalue weighted by Crippen LogP contribution is -2.42. The number of unbranched alkanes of at least 4 members (excludes halogenated alkanes) is 2. The Hall–Kier alpha value is -8.09. The van der Waals surface area contributed by atoms with E-state index in [0.717, 1.165) is 11.1 Å². The number of carboxylic acid groups (broad SMARTS) is 1. The summed E-state index contributed by atoms with van der Waals surface area (Å²) in [6, 6.07) is 20.5. The molecule has 6 aromatic rings. The van der Waals surface area contributed by atoms with E-state index in [4.69, 9.17) is 10.5 Å². The minimum absolute atomic E-state index is 0.00592. The Morgan fingerprint density at radius 1 is 0.767 bits per heavy atom. The molecule has 2 aliphatic heterocycles. The minimum atomic E-state index is -4.62. The zero-order valence-electron chi connectivity index (χ0n) is 49.6. The van der Waals surface area contributed by atoms with Gasteiger partial charge < -0.3 is 30.8 Å². The number of allylic oxidation sites excluding steroid dienone is 7. The summed E-state index contributed by atoms with van der Waals surface area (Å²) in [5.74, 6) is -2.07. The molecule has 0 fully saturated rings. The number of nitrogens with two attached hydrogens (primary N) is 1. The number of fused-ring (bicyclic) bond motifs is 3. The van der Waals surface area contributed by atoms with Crippen LogP contribution in [0.4, 0.5) is 17.3 Å². The molecule has 0 bridgehead atoms. The van der Waals surface area contributed by atoms with Gasteiger partial charge in [0.25, 0.3) is 51.9 Å². The monoisotopic (exact) mass is 1310 g/mol. The number of aliphatic carboxylic acids is 1. The van der Waals surface area contributed by atoms with Gasteiger partial charge in [-0.05, 0) is 165 Å². The summed E-state index contributed by atoms with van der Waals surface area (Å²) in [7, 11) is -17.8. The summed E-state index contributed by atoms with van der Waals surface area (Å²) in [6.07, 6.45) is 12.5. The topological polar surface area (TPSA) is 387 Å². The number of anilines is 2. The minimum Gasteiger partial charge on any atom is -0.480 e. The van der Waals surface area contributed by atoms with Crippen molar-refractivity contribution in [3.8, 4) is 5.75 Å². The van der Waals surface area contributed by atoms with Crippen LogP contribution in [-0.2, 0) is 75.4 Å². The fraction of sp³-hybridized carbons (Fsp3) is 0.339. The molecule has 10 N–H and O–H groups in total. The van der Waals surface area contributed by atoms with Crippen molar-refractivity contribution >= 4 is 86.4 Å². The molecule has 1 unspecified atom stereocenters. The van der Waals surface area contributed by atoms with Crippen LogP contribution >= 0.6 is 0 Å². The highest BCUT2D eigenvalue weighted by molar-refractivity contribution is 7.86. The summed E-state index contributed by atoms with van der Waals surface area (Å²) in [5.41, 5.74) is 11.4. The smallest absolute Gasteiger partial charge is 0.326 e. The van der Waals surface area contributed by atoms with E-state index in [1.165, 1.54) is 24.3 Å². The molecule has 90 heavy (non-hydrogen) atoms. The van der Waals surface area contributed by atoms with E-state index in [-0.39, 0.29) is 59.2 Å². The molecule has 1 aliphatic carbocycles. The fourth-order valence-electron chi connectivity index (χ4n) is 11.8. The molecule has 4 aromatic carbocycles. The largest absolute Gasteiger partial charge is 0.480 e. The third kappa shape index (κ3) is 15.4. The maximum atomic E-state index is 13.5. The van der Waals surface area contributed by atoms with Gasteiger partial charge in [0.05, 0.1) is 32.1 Å². The lowest BCUT2D eigenvalue weighted by molar-refractivity contribution is -0.438. The quantitative estimate of drug-likeness (QED) is 0.0149. The fourth-order valence-corrected chi connectivity index (χ4v) is 14.0. The van der Waals surface area contributed by atoms with Gasteiger partial charge >= 0.3 is 5.97 Å². The van der Waals surface area contributed by atoms with Gasteiger partial charge in [0.1, 0.15) is 29.7 Å². The molecule has 3 aliphatic rings. The summed E-state index contributed by atoms with van der Waals surface area (Å²) in [6.45, 7) is 8.04. The number of carbonyl (C=O) groups excluding carboxylic acids is 1. The van der Waals surface area contributed by atoms with Crippen molar-refractivity contribution in [2.75, 3.05) is 35.2 Å². The van der Waals surface area contributed by atoms with E-state index in [2.05, 4.69) is 20.3 Å². The Kier molecular flexibility index (Phi) is 19.2.